The number of hydrogen-bond donors (Lipinski definition) is 0. The molecule has 0 unspecified atom stereocenters. The minimum Gasteiger partial charge on any atom is -0.256 e. The van der Waals surface area contributed by atoms with E-state index in [9.17, 15) is 0 Å². The summed E-state index contributed by atoms with van der Waals surface area (Å²) in [5, 5.41) is 0. The summed E-state index contributed by atoms with van der Waals surface area (Å²) in [5.74, 6) is 0. The van der Waals surface area contributed by atoms with Gasteiger partial charge in [0.15, 0.2) is 0 Å². The molecule has 20 heavy (non-hydrogen) atoms. The second-order valence-electron chi connectivity index (χ2n) is 7.48. The maximum Gasteiger partial charge on any atom is 0.0705 e. The van der Waals surface area contributed by atoms with Crippen molar-refractivity contribution < 1.29 is 0 Å². The molecule has 1 heterocycles. The van der Waals surface area contributed by atoms with E-state index in [1.807, 2.05) is 6.07 Å². The highest BCUT2D eigenvalue weighted by Gasteiger charge is 2.25. The van der Waals surface area contributed by atoms with Gasteiger partial charge in [-0.3, -0.25) is 4.98 Å². The van der Waals surface area contributed by atoms with Crippen molar-refractivity contribution in [2.45, 2.75) is 52.4 Å². The van der Waals surface area contributed by atoms with Gasteiger partial charge in [-0.25, -0.2) is 0 Å². The lowest BCUT2D eigenvalue weighted by Gasteiger charge is -2.30. The number of rotatable bonds is 1. The first-order valence-corrected chi connectivity index (χ1v) is 7.26. The number of aromatic nitrogens is 1. The number of nitrogens with zero attached hydrogens (tertiary/aromatic N) is 1. The summed E-state index contributed by atoms with van der Waals surface area (Å²) in [6.07, 6.45) is 2.06. The first-order chi connectivity index (χ1) is 9.19. The number of hydrogen-bond acceptors (Lipinski definition) is 1. The van der Waals surface area contributed by atoms with E-state index >= 15 is 0 Å². The molecule has 0 bridgehead atoms. The Morgan fingerprint density at radius 2 is 1.30 bits per heavy atom. The maximum atomic E-state index is 4.69. The normalized spacial score (nSPS) is 12.5. The van der Waals surface area contributed by atoms with Crippen LogP contribution in [0, 0.1) is 0 Å². The molecule has 0 atom stereocenters. The van der Waals surface area contributed by atoms with Crippen molar-refractivity contribution >= 4 is 0 Å². The van der Waals surface area contributed by atoms with Gasteiger partial charge in [0, 0.05) is 11.8 Å². The Bertz CT molecular complexity index is 583. The quantitative estimate of drug-likeness (QED) is 0.679. The Hall–Kier alpha value is -1.63. The average molecular weight is 267 g/mol. The highest BCUT2D eigenvalue weighted by atomic mass is 14.7. The zero-order valence-electron chi connectivity index (χ0n) is 13.5. The molecule has 0 amide bonds. The molecule has 1 aromatic carbocycles. The Kier molecular flexibility index (Phi) is 3.73. The van der Waals surface area contributed by atoms with Crippen LogP contribution in [0.5, 0.6) is 0 Å². The lowest BCUT2D eigenvalue weighted by atomic mass is 9.76. The van der Waals surface area contributed by atoms with Gasteiger partial charge in [0.05, 0.1) is 5.69 Å². The molecule has 0 spiro atoms. The SMILES string of the molecule is CC(C)(C)c1cnc(-c2ccccc2)cc1C(C)(C)C. The average Bonchev–Trinajstić information content (AvgIpc) is 2.37. The predicted molar refractivity (Wildman–Crippen MR) is 87.1 cm³/mol. The van der Waals surface area contributed by atoms with Crippen molar-refractivity contribution in [1.29, 1.82) is 0 Å². The Morgan fingerprint density at radius 1 is 0.750 bits per heavy atom. The molecule has 1 nitrogen and oxygen atoms in total. The van der Waals surface area contributed by atoms with Crippen molar-refractivity contribution in [1.82, 2.24) is 4.98 Å². The molecule has 2 aromatic rings. The highest BCUT2D eigenvalue weighted by Crippen LogP contribution is 2.35. The predicted octanol–water partition coefficient (Wildman–Crippen LogP) is 5.34. The molecule has 2 rings (SSSR count). The van der Waals surface area contributed by atoms with Crippen molar-refractivity contribution in [2.75, 3.05) is 0 Å². The first-order valence-electron chi connectivity index (χ1n) is 7.26. The molecular formula is C19H25N. The monoisotopic (exact) mass is 267 g/mol. The molecular weight excluding hydrogens is 242 g/mol. The molecule has 0 radical (unpaired) electrons. The second-order valence-corrected chi connectivity index (χ2v) is 7.48. The van der Waals surface area contributed by atoms with Crippen LogP contribution in [0.15, 0.2) is 42.6 Å². The van der Waals surface area contributed by atoms with Crippen molar-refractivity contribution in [2.24, 2.45) is 0 Å². The fourth-order valence-electron chi connectivity index (χ4n) is 2.44. The summed E-state index contributed by atoms with van der Waals surface area (Å²) in [4.78, 5) is 4.69. The van der Waals surface area contributed by atoms with Gasteiger partial charge < -0.3 is 0 Å². The van der Waals surface area contributed by atoms with Crippen LogP contribution in [-0.2, 0) is 10.8 Å². The summed E-state index contributed by atoms with van der Waals surface area (Å²) in [6.45, 7) is 13.6. The summed E-state index contributed by atoms with van der Waals surface area (Å²) in [6, 6.07) is 12.7. The summed E-state index contributed by atoms with van der Waals surface area (Å²) < 4.78 is 0. The van der Waals surface area contributed by atoms with Gasteiger partial charge >= 0.3 is 0 Å². The van der Waals surface area contributed by atoms with Gasteiger partial charge in [0.1, 0.15) is 0 Å². The largest absolute Gasteiger partial charge is 0.256 e. The van der Waals surface area contributed by atoms with E-state index in [-0.39, 0.29) is 10.8 Å². The van der Waals surface area contributed by atoms with Gasteiger partial charge in [-0.15, -0.1) is 0 Å². The zero-order chi connectivity index (χ0) is 15.0. The molecule has 0 aliphatic rings. The second kappa shape index (κ2) is 5.05. The van der Waals surface area contributed by atoms with E-state index in [0.29, 0.717) is 0 Å². The van der Waals surface area contributed by atoms with Crippen molar-refractivity contribution in [3.05, 3.63) is 53.7 Å². The molecule has 1 aromatic heterocycles. The molecule has 106 valence electrons. The topological polar surface area (TPSA) is 12.9 Å². The van der Waals surface area contributed by atoms with Gasteiger partial charge in [0.25, 0.3) is 0 Å². The minimum atomic E-state index is 0.116. The molecule has 0 saturated carbocycles. The van der Waals surface area contributed by atoms with E-state index in [1.54, 1.807) is 0 Å². The third-order valence-corrected chi connectivity index (χ3v) is 3.59. The van der Waals surface area contributed by atoms with Crippen LogP contribution in [-0.4, -0.2) is 4.98 Å². The van der Waals surface area contributed by atoms with E-state index in [2.05, 4.69) is 83.1 Å². The number of pyridine rings is 1. The third kappa shape index (κ3) is 3.09. The van der Waals surface area contributed by atoms with Crippen LogP contribution in [0.25, 0.3) is 11.3 Å². The Morgan fingerprint density at radius 3 is 1.80 bits per heavy atom. The standard InChI is InChI=1S/C19H25N/c1-18(2,3)15-12-17(14-10-8-7-9-11-14)20-13-16(15)19(4,5)6/h7-13H,1-6H3. The Balaban J connectivity index is 2.62. The summed E-state index contributed by atoms with van der Waals surface area (Å²) in [7, 11) is 0. The van der Waals surface area contributed by atoms with Crippen molar-refractivity contribution in [3.63, 3.8) is 0 Å². The van der Waals surface area contributed by atoms with E-state index < -0.39 is 0 Å². The molecule has 0 saturated heterocycles. The smallest absolute Gasteiger partial charge is 0.0705 e. The fraction of sp³-hybridized carbons (Fsp3) is 0.421. The minimum absolute atomic E-state index is 0.116. The molecule has 0 aliphatic heterocycles. The van der Waals surface area contributed by atoms with Crippen molar-refractivity contribution in [3.8, 4) is 11.3 Å². The lowest BCUT2D eigenvalue weighted by Crippen LogP contribution is -2.22. The maximum absolute atomic E-state index is 4.69. The summed E-state index contributed by atoms with van der Waals surface area (Å²) >= 11 is 0. The van der Waals surface area contributed by atoms with Crippen LogP contribution < -0.4 is 0 Å². The molecule has 0 fully saturated rings. The van der Waals surface area contributed by atoms with Crippen LogP contribution >= 0.6 is 0 Å². The third-order valence-electron chi connectivity index (χ3n) is 3.59. The van der Waals surface area contributed by atoms with Gasteiger partial charge in [-0.1, -0.05) is 71.9 Å². The van der Waals surface area contributed by atoms with E-state index in [4.69, 9.17) is 0 Å². The number of benzene rings is 1. The van der Waals surface area contributed by atoms with E-state index in [1.165, 1.54) is 16.7 Å². The molecule has 0 aliphatic carbocycles. The first kappa shape index (κ1) is 14.8. The van der Waals surface area contributed by atoms with Crippen LogP contribution in [0.1, 0.15) is 52.7 Å². The highest BCUT2D eigenvalue weighted by molar-refractivity contribution is 5.61. The van der Waals surface area contributed by atoms with Crippen LogP contribution in [0.3, 0.4) is 0 Å². The zero-order valence-corrected chi connectivity index (χ0v) is 13.5. The van der Waals surface area contributed by atoms with E-state index in [0.717, 1.165) is 5.69 Å². The van der Waals surface area contributed by atoms with Crippen LogP contribution in [0.4, 0.5) is 0 Å². The molecule has 0 N–H and O–H groups in total. The Labute approximate surface area is 123 Å². The molecule has 1 heteroatoms. The van der Waals surface area contributed by atoms with Gasteiger partial charge in [-0.2, -0.15) is 0 Å². The fourth-order valence-corrected chi connectivity index (χ4v) is 2.44. The van der Waals surface area contributed by atoms with Crippen LogP contribution in [0.2, 0.25) is 0 Å². The summed E-state index contributed by atoms with van der Waals surface area (Å²) in [5.41, 5.74) is 5.20. The van der Waals surface area contributed by atoms with Gasteiger partial charge in [-0.05, 0) is 28.0 Å². The van der Waals surface area contributed by atoms with Gasteiger partial charge in [0.2, 0.25) is 0 Å². The lowest BCUT2D eigenvalue weighted by molar-refractivity contribution is 0.528.